The van der Waals surface area contributed by atoms with Crippen LogP contribution in [0.1, 0.15) is 20.3 Å². The monoisotopic (exact) mass is 295 g/mol. The SMILES string of the molecule is COc1ccc2[nH]c(=S)n(CCCOCC(C)C)c2n1. The van der Waals surface area contributed by atoms with Gasteiger partial charge in [-0.3, -0.25) is 0 Å². The van der Waals surface area contributed by atoms with E-state index in [1.165, 1.54) is 0 Å². The lowest BCUT2D eigenvalue weighted by Crippen LogP contribution is -2.07. The zero-order chi connectivity index (χ0) is 14.5. The highest BCUT2D eigenvalue weighted by atomic mass is 32.1. The Morgan fingerprint density at radius 1 is 1.40 bits per heavy atom. The van der Waals surface area contributed by atoms with Crippen molar-refractivity contribution in [1.29, 1.82) is 0 Å². The fourth-order valence-corrected chi connectivity index (χ4v) is 2.27. The Kier molecular flexibility index (Phi) is 5.14. The van der Waals surface area contributed by atoms with Crippen LogP contribution in [0.4, 0.5) is 0 Å². The summed E-state index contributed by atoms with van der Waals surface area (Å²) in [6.45, 7) is 6.61. The van der Waals surface area contributed by atoms with Gasteiger partial charge in [0.15, 0.2) is 10.4 Å². The van der Waals surface area contributed by atoms with Gasteiger partial charge in [0.25, 0.3) is 0 Å². The van der Waals surface area contributed by atoms with Crippen molar-refractivity contribution in [3.8, 4) is 5.88 Å². The van der Waals surface area contributed by atoms with E-state index in [-0.39, 0.29) is 0 Å². The highest BCUT2D eigenvalue weighted by Gasteiger charge is 2.07. The molecule has 0 saturated carbocycles. The number of aromatic amines is 1. The number of rotatable bonds is 7. The third kappa shape index (κ3) is 3.58. The molecule has 0 aromatic carbocycles. The maximum atomic E-state index is 5.59. The molecular weight excluding hydrogens is 274 g/mol. The summed E-state index contributed by atoms with van der Waals surface area (Å²) in [6.07, 6.45) is 0.910. The molecule has 0 atom stereocenters. The summed E-state index contributed by atoms with van der Waals surface area (Å²) in [6, 6.07) is 3.76. The van der Waals surface area contributed by atoms with Crippen molar-refractivity contribution >= 4 is 23.4 Å². The fourth-order valence-electron chi connectivity index (χ4n) is 1.98. The van der Waals surface area contributed by atoms with Crippen LogP contribution in [0.25, 0.3) is 11.2 Å². The van der Waals surface area contributed by atoms with E-state index in [0.717, 1.165) is 37.3 Å². The molecule has 0 fully saturated rings. The molecule has 2 aromatic rings. The molecule has 5 nitrogen and oxygen atoms in total. The molecule has 1 N–H and O–H groups in total. The summed E-state index contributed by atoms with van der Waals surface area (Å²) < 4.78 is 13.4. The van der Waals surface area contributed by atoms with Crippen molar-refractivity contribution in [2.45, 2.75) is 26.8 Å². The predicted molar refractivity (Wildman–Crippen MR) is 81.7 cm³/mol. The molecule has 0 amide bonds. The number of nitrogens with one attached hydrogen (secondary N) is 1. The van der Waals surface area contributed by atoms with Crippen LogP contribution in [0.2, 0.25) is 0 Å². The van der Waals surface area contributed by atoms with Crippen LogP contribution in [0.3, 0.4) is 0 Å². The molecule has 0 saturated heterocycles. The van der Waals surface area contributed by atoms with Crippen LogP contribution in [0.5, 0.6) is 5.88 Å². The zero-order valence-electron chi connectivity index (χ0n) is 12.2. The minimum absolute atomic E-state index is 0.566. The molecule has 6 heteroatoms. The summed E-state index contributed by atoms with van der Waals surface area (Å²) in [4.78, 5) is 7.60. The summed E-state index contributed by atoms with van der Waals surface area (Å²) in [5, 5.41) is 0. The molecule has 0 aliphatic heterocycles. The van der Waals surface area contributed by atoms with Gasteiger partial charge in [0, 0.05) is 25.8 Å². The molecule has 0 bridgehead atoms. The second kappa shape index (κ2) is 6.85. The van der Waals surface area contributed by atoms with E-state index in [0.29, 0.717) is 16.6 Å². The molecule has 0 unspecified atom stereocenters. The van der Waals surface area contributed by atoms with Crippen molar-refractivity contribution in [2.24, 2.45) is 5.92 Å². The number of fused-ring (bicyclic) bond motifs is 1. The van der Waals surface area contributed by atoms with Crippen LogP contribution in [-0.4, -0.2) is 34.9 Å². The highest BCUT2D eigenvalue weighted by molar-refractivity contribution is 7.71. The largest absolute Gasteiger partial charge is 0.481 e. The molecule has 2 heterocycles. The number of nitrogens with zero attached hydrogens (tertiary/aromatic N) is 2. The lowest BCUT2D eigenvalue weighted by atomic mass is 10.2. The molecule has 20 heavy (non-hydrogen) atoms. The van der Waals surface area contributed by atoms with E-state index in [2.05, 4.69) is 23.8 Å². The van der Waals surface area contributed by atoms with E-state index in [9.17, 15) is 0 Å². The number of methoxy groups -OCH3 is 1. The minimum Gasteiger partial charge on any atom is -0.481 e. The van der Waals surface area contributed by atoms with E-state index in [1.54, 1.807) is 7.11 Å². The van der Waals surface area contributed by atoms with E-state index >= 15 is 0 Å². The van der Waals surface area contributed by atoms with Crippen molar-refractivity contribution in [1.82, 2.24) is 14.5 Å². The Morgan fingerprint density at radius 2 is 2.20 bits per heavy atom. The third-order valence-corrected chi connectivity index (χ3v) is 3.25. The van der Waals surface area contributed by atoms with Gasteiger partial charge >= 0.3 is 0 Å². The van der Waals surface area contributed by atoms with Crippen LogP contribution in [-0.2, 0) is 11.3 Å². The Bertz CT molecular complexity index is 618. The Labute approximate surface area is 123 Å². The van der Waals surface area contributed by atoms with Gasteiger partial charge in [-0.15, -0.1) is 0 Å². The maximum absolute atomic E-state index is 5.59. The summed E-state index contributed by atoms with van der Waals surface area (Å²) in [5.74, 6) is 1.16. The number of aromatic nitrogens is 3. The molecule has 2 rings (SSSR count). The van der Waals surface area contributed by atoms with Crippen molar-refractivity contribution in [3.05, 3.63) is 16.9 Å². The molecule has 0 aliphatic rings. The van der Waals surface area contributed by atoms with Gasteiger partial charge in [-0.05, 0) is 30.6 Å². The van der Waals surface area contributed by atoms with Gasteiger partial charge < -0.3 is 19.0 Å². The standard InChI is InChI=1S/C14H21N3O2S/c1-10(2)9-19-8-4-7-17-13-11(15-14(17)20)5-6-12(16-13)18-3/h5-6,10H,4,7-9H2,1-3H3,(H,15,20). The Balaban J connectivity index is 2.05. The first-order valence-corrected chi connectivity index (χ1v) is 7.24. The molecular formula is C14H21N3O2S. The van der Waals surface area contributed by atoms with Crippen molar-refractivity contribution < 1.29 is 9.47 Å². The molecule has 0 aliphatic carbocycles. The number of H-pyrrole nitrogens is 1. The molecule has 110 valence electrons. The second-order valence-corrected chi connectivity index (χ2v) is 5.52. The van der Waals surface area contributed by atoms with Crippen molar-refractivity contribution in [3.63, 3.8) is 0 Å². The average molecular weight is 295 g/mol. The van der Waals surface area contributed by atoms with Gasteiger partial charge in [0.1, 0.15) is 0 Å². The minimum atomic E-state index is 0.566. The van der Waals surface area contributed by atoms with Crippen LogP contribution in [0.15, 0.2) is 12.1 Å². The maximum Gasteiger partial charge on any atom is 0.215 e. The Morgan fingerprint density at radius 3 is 2.90 bits per heavy atom. The van der Waals surface area contributed by atoms with Gasteiger partial charge in [0.05, 0.1) is 12.6 Å². The number of aryl methyl sites for hydroxylation is 1. The highest BCUT2D eigenvalue weighted by Crippen LogP contribution is 2.16. The number of imidazole rings is 1. The first-order chi connectivity index (χ1) is 9.61. The van der Waals surface area contributed by atoms with Gasteiger partial charge in [0.2, 0.25) is 5.88 Å². The lowest BCUT2D eigenvalue weighted by Gasteiger charge is -2.07. The normalized spacial score (nSPS) is 11.4. The van der Waals surface area contributed by atoms with E-state index < -0.39 is 0 Å². The van der Waals surface area contributed by atoms with E-state index in [4.69, 9.17) is 21.7 Å². The number of pyridine rings is 1. The fraction of sp³-hybridized carbons (Fsp3) is 0.571. The lowest BCUT2D eigenvalue weighted by molar-refractivity contribution is 0.105. The number of hydrogen-bond donors (Lipinski definition) is 1. The first kappa shape index (κ1) is 15.0. The number of ether oxygens (including phenoxy) is 2. The van der Waals surface area contributed by atoms with Crippen LogP contribution < -0.4 is 4.74 Å². The smallest absolute Gasteiger partial charge is 0.215 e. The van der Waals surface area contributed by atoms with Crippen molar-refractivity contribution in [2.75, 3.05) is 20.3 Å². The summed E-state index contributed by atoms with van der Waals surface area (Å²) in [7, 11) is 1.61. The third-order valence-electron chi connectivity index (χ3n) is 2.92. The van der Waals surface area contributed by atoms with E-state index in [1.807, 2.05) is 16.7 Å². The van der Waals surface area contributed by atoms with Gasteiger partial charge in [-0.25, -0.2) is 0 Å². The second-order valence-electron chi connectivity index (χ2n) is 5.13. The predicted octanol–water partition coefficient (Wildman–Crippen LogP) is 3.17. The topological polar surface area (TPSA) is 52.1 Å². The number of hydrogen-bond acceptors (Lipinski definition) is 4. The first-order valence-electron chi connectivity index (χ1n) is 6.83. The molecule has 0 radical (unpaired) electrons. The van der Waals surface area contributed by atoms with Gasteiger partial charge in [-0.1, -0.05) is 13.8 Å². The van der Waals surface area contributed by atoms with Gasteiger partial charge in [-0.2, -0.15) is 4.98 Å². The summed E-state index contributed by atoms with van der Waals surface area (Å²) >= 11 is 5.34. The van der Waals surface area contributed by atoms with Crippen LogP contribution >= 0.6 is 12.2 Å². The molecule has 0 spiro atoms. The summed E-state index contributed by atoms with van der Waals surface area (Å²) in [5.41, 5.74) is 1.76. The van der Waals surface area contributed by atoms with Crippen LogP contribution in [0, 0.1) is 10.7 Å². The quantitative estimate of drug-likeness (QED) is 0.629. The zero-order valence-corrected chi connectivity index (χ0v) is 13.0. The average Bonchev–Trinajstić information content (AvgIpc) is 2.73. The molecule has 2 aromatic heterocycles. The Hall–Kier alpha value is -1.40.